The Labute approximate surface area is 151 Å². The van der Waals surface area contributed by atoms with Crippen LogP contribution >= 0.6 is 15.9 Å². The van der Waals surface area contributed by atoms with Gasteiger partial charge in [0.1, 0.15) is 5.52 Å². The van der Waals surface area contributed by atoms with Gasteiger partial charge in [-0.2, -0.15) is 0 Å². The van der Waals surface area contributed by atoms with Crippen molar-refractivity contribution < 1.29 is 9.72 Å². The van der Waals surface area contributed by atoms with Gasteiger partial charge in [-0.25, -0.2) is 0 Å². The number of nitro groups is 1. The lowest BCUT2D eigenvalue weighted by Crippen LogP contribution is -2.21. The Balaban J connectivity index is 1.75. The maximum atomic E-state index is 12.1. The molecule has 0 spiro atoms. The molecule has 0 aliphatic heterocycles. The molecule has 0 aliphatic carbocycles. The number of aromatic nitrogens is 1. The number of non-ortho nitro benzene ring substituents is 1. The van der Waals surface area contributed by atoms with E-state index in [1.165, 1.54) is 6.07 Å². The van der Waals surface area contributed by atoms with E-state index in [0.29, 0.717) is 22.3 Å². The molecule has 0 aliphatic rings. The van der Waals surface area contributed by atoms with Gasteiger partial charge in [0.25, 0.3) is 5.69 Å². The minimum Gasteiger partial charge on any atom is -0.374 e. The zero-order valence-electron chi connectivity index (χ0n) is 12.9. The van der Waals surface area contributed by atoms with Crippen molar-refractivity contribution in [2.24, 2.45) is 0 Å². The summed E-state index contributed by atoms with van der Waals surface area (Å²) in [4.78, 5) is 26.9. The number of nitrogens with one attached hydrogen (secondary N) is 2. The predicted molar refractivity (Wildman–Crippen MR) is 99.7 cm³/mol. The topological polar surface area (TPSA) is 97.2 Å². The number of hydrogen-bond donors (Lipinski definition) is 2. The molecular formula is C17H13BrN4O3. The highest BCUT2D eigenvalue weighted by Gasteiger charge is 2.15. The van der Waals surface area contributed by atoms with Gasteiger partial charge in [0.2, 0.25) is 5.91 Å². The van der Waals surface area contributed by atoms with Gasteiger partial charge in [0, 0.05) is 22.4 Å². The van der Waals surface area contributed by atoms with E-state index in [1.54, 1.807) is 36.5 Å². The number of benzene rings is 2. The van der Waals surface area contributed by atoms with Crippen molar-refractivity contribution in [2.75, 3.05) is 17.2 Å². The minimum atomic E-state index is -0.450. The van der Waals surface area contributed by atoms with Crippen LogP contribution in [0.1, 0.15) is 0 Å². The fraction of sp³-hybridized carbons (Fsp3) is 0.0588. The number of amides is 1. The molecule has 0 unspecified atom stereocenters. The van der Waals surface area contributed by atoms with Gasteiger partial charge in [-0.1, -0.05) is 15.9 Å². The number of nitro benzene ring substituents is 1. The first-order valence-corrected chi connectivity index (χ1v) is 8.15. The normalized spacial score (nSPS) is 10.4. The van der Waals surface area contributed by atoms with Crippen LogP contribution in [0.5, 0.6) is 0 Å². The summed E-state index contributed by atoms with van der Waals surface area (Å²) < 4.78 is 0.923. The molecule has 0 saturated carbocycles. The van der Waals surface area contributed by atoms with Crippen molar-refractivity contribution in [1.82, 2.24) is 4.98 Å². The van der Waals surface area contributed by atoms with Crippen LogP contribution in [0.15, 0.2) is 59.2 Å². The Kier molecular flexibility index (Phi) is 4.90. The van der Waals surface area contributed by atoms with Crippen LogP contribution in [0.3, 0.4) is 0 Å². The summed E-state index contributed by atoms with van der Waals surface area (Å²) in [5.74, 6) is -0.232. The van der Waals surface area contributed by atoms with E-state index in [9.17, 15) is 14.9 Å². The highest BCUT2D eigenvalue weighted by atomic mass is 79.9. The van der Waals surface area contributed by atoms with Gasteiger partial charge < -0.3 is 10.6 Å². The number of pyridine rings is 1. The summed E-state index contributed by atoms with van der Waals surface area (Å²) in [5.41, 5.74) is 1.68. The zero-order chi connectivity index (χ0) is 17.8. The molecule has 2 N–H and O–H groups in total. The number of rotatable bonds is 5. The number of hydrogen-bond acceptors (Lipinski definition) is 5. The summed E-state index contributed by atoms with van der Waals surface area (Å²) in [6, 6.07) is 13.5. The van der Waals surface area contributed by atoms with Gasteiger partial charge in [0.15, 0.2) is 0 Å². The Bertz CT molecular complexity index is 944. The Morgan fingerprint density at radius 1 is 1.16 bits per heavy atom. The highest BCUT2D eigenvalue weighted by molar-refractivity contribution is 9.10. The second kappa shape index (κ2) is 7.27. The van der Waals surface area contributed by atoms with Crippen LogP contribution in [0, 0.1) is 10.1 Å². The predicted octanol–water partition coefficient (Wildman–Crippen LogP) is 3.96. The molecule has 0 atom stereocenters. The first-order valence-electron chi connectivity index (χ1n) is 7.36. The number of carbonyl (C=O) groups excluding carboxylic acids is 1. The van der Waals surface area contributed by atoms with E-state index in [-0.39, 0.29) is 18.1 Å². The van der Waals surface area contributed by atoms with E-state index in [4.69, 9.17) is 0 Å². The van der Waals surface area contributed by atoms with E-state index in [2.05, 4.69) is 31.5 Å². The van der Waals surface area contributed by atoms with E-state index >= 15 is 0 Å². The average Bonchev–Trinajstić information content (AvgIpc) is 2.61. The third kappa shape index (κ3) is 3.92. The fourth-order valence-electron chi connectivity index (χ4n) is 2.37. The van der Waals surface area contributed by atoms with Gasteiger partial charge in [-0.3, -0.25) is 19.9 Å². The smallest absolute Gasteiger partial charge is 0.278 e. The molecule has 3 rings (SSSR count). The van der Waals surface area contributed by atoms with Crippen molar-refractivity contribution in [2.45, 2.75) is 0 Å². The molecule has 25 heavy (non-hydrogen) atoms. The number of nitrogens with zero attached hydrogens (tertiary/aromatic N) is 2. The van der Waals surface area contributed by atoms with Crippen molar-refractivity contribution in [3.8, 4) is 0 Å². The zero-order valence-corrected chi connectivity index (χ0v) is 14.5. The lowest BCUT2D eigenvalue weighted by Gasteiger charge is -2.10. The Morgan fingerprint density at radius 2 is 1.92 bits per heavy atom. The molecule has 1 heterocycles. The molecule has 3 aromatic rings. The van der Waals surface area contributed by atoms with Crippen molar-refractivity contribution in [3.63, 3.8) is 0 Å². The average molecular weight is 401 g/mol. The molecule has 0 saturated heterocycles. The van der Waals surface area contributed by atoms with Crippen LogP contribution in [0.4, 0.5) is 17.1 Å². The standard InChI is InChI=1S/C17H13BrN4O3/c18-11-3-5-12(6-4-11)21-16(23)10-20-14-7-8-15(22(24)25)13-2-1-9-19-17(13)14/h1-9,20H,10H2,(H,21,23). The molecule has 2 aromatic carbocycles. The third-order valence-corrected chi connectivity index (χ3v) is 4.04. The van der Waals surface area contributed by atoms with Gasteiger partial charge >= 0.3 is 0 Å². The second-order valence-electron chi connectivity index (χ2n) is 5.20. The SMILES string of the molecule is O=C(CNc1ccc([N+](=O)[O-])c2cccnc12)Nc1ccc(Br)cc1. The molecule has 1 amide bonds. The number of halogens is 1. The van der Waals surface area contributed by atoms with Crippen molar-refractivity contribution in [3.05, 3.63) is 69.3 Å². The Hall–Kier alpha value is -3.00. The van der Waals surface area contributed by atoms with E-state index < -0.39 is 4.92 Å². The summed E-state index contributed by atoms with van der Waals surface area (Å²) in [7, 11) is 0. The maximum absolute atomic E-state index is 12.1. The fourth-order valence-corrected chi connectivity index (χ4v) is 2.64. The minimum absolute atomic E-state index is 0.0134. The molecular weight excluding hydrogens is 388 g/mol. The van der Waals surface area contributed by atoms with E-state index in [1.807, 2.05) is 12.1 Å². The van der Waals surface area contributed by atoms with Crippen LogP contribution < -0.4 is 10.6 Å². The number of carbonyl (C=O) groups is 1. The molecule has 0 fully saturated rings. The molecule has 7 nitrogen and oxygen atoms in total. The van der Waals surface area contributed by atoms with Crippen LogP contribution in [0.25, 0.3) is 10.9 Å². The lowest BCUT2D eigenvalue weighted by molar-refractivity contribution is -0.383. The van der Waals surface area contributed by atoms with Crippen LogP contribution in [-0.2, 0) is 4.79 Å². The molecule has 0 radical (unpaired) electrons. The van der Waals surface area contributed by atoms with E-state index in [0.717, 1.165) is 4.47 Å². The first-order chi connectivity index (χ1) is 12.0. The van der Waals surface area contributed by atoms with Crippen LogP contribution in [-0.4, -0.2) is 22.4 Å². The van der Waals surface area contributed by atoms with Gasteiger partial charge in [-0.05, 0) is 42.5 Å². The summed E-state index contributed by atoms with van der Waals surface area (Å²) >= 11 is 3.33. The van der Waals surface area contributed by atoms with Crippen molar-refractivity contribution >= 4 is 49.8 Å². The summed E-state index contributed by atoms with van der Waals surface area (Å²) in [6.07, 6.45) is 1.55. The van der Waals surface area contributed by atoms with Gasteiger partial charge in [0.05, 0.1) is 22.5 Å². The lowest BCUT2D eigenvalue weighted by atomic mass is 10.1. The highest BCUT2D eigenvalue weighted by Crippen LogP contribution is 2.29. The molecule has 0 bridgehead atoms. The monoisotopic (exact) mass is 400 g/mol. The first kappa shape index (κ1) is 16.8. The summed E-state index contributed by atoms with van der Waals surface area (Å²) in [6.45, 7) is 0.0134. The second-order valence-corrected chi connectivity index (χ2v) is 6.11. The largest absolute Gasteiger partial charge is 0.374 e. The quantitative estimate of drug-likeness (QED) is 0.498. The van der Waals surface area contributed by atoms with Crippen molar-refractivity contribution in [1.29, 1.82) is 0 Å². The summed E-state index contributed by atoms with van der Waals surface area (Å²) in [5, 5.41) is 17.3. The molecule has 1 aromatic heterocycles. The van der Waals surface area contributed by atoms with Crippen LogP contribution in [0.2, 0.25) is 0 Å². The molecule has 8 heteroatoms. The maximum Gasteiger partial charge on any atom is 0.278 e. The Morgan fingerprint density at radius 3 is 2.64 bits per heavy atom. The molecule has 126 valence electrons. The third-order valence-electron chi connectivity index (χ3n) is 3.51. The van der Waals surface area contributed by atoms with Gasteiger partial charge in [-0.15, -0.1) is 0 Å². The number of anilines is 2. The number of fused-ring (bicyclic) bond motifs is 1.